The quantitative estimate of drug-likeness (QED) is 0.382. The number of carbonyl (C=O) groups is 1. The van der Waals surface area contributed by atoms with Crippen LogP contribution in [0.25, 0.3) is 0 Å². The Balaban J connectivity index is 3.34. The van der Waals surface area contributed by atoms with Crippen LogP contribution in [0.15, 0.2) is 0 Å². The van der Waals surface area contributed by atoms with E-state index in [0.717, 1.165) is 25.3 Å². The highest BCUT2D eigenvalue weighted by Crippen LogP contribution is 2.07. The zero-order valence-electron chi connectivity index (χ0n) is 10.5. The molecule has 0 aromatic heterocycles. The molecule has 0 radical (unpaired) electrons. The molecule has 0 atom stereocenters. The maximum absolute atomic E-state index is 11.1. The molecule has 90 valence electrons. The van der Waals surface area contributed by atoms with Gasteiger partial charge in [-0.05, 0) is 12.5 Å². The molecule has 0 rings (SSSR count). The van der Waals surface area contributed by atoms with E-state index < -0.39 is 14.2 Å². The highest BCUT2D eigenvalue weighted by Gasteiger charge is 2.14. The van der Waals surface area contributed by atoms with Gasteiger partial charge in [-0.15, -0.1) is 0 Å². The van der Waals surface area contributed by atoms with Crippen molar-refractivity contribution in [3.8, 4) is 0 Å². The van der Waals surface area contributed by atoms with Crippen molar-refractivity contribution in [3.05, 3.63) is 0 Å². The number of hydrogen-bond acceptors (Lipinski definition) is 3. The topological polar surface area (TPSA) is 35.5 Å². The van der Waals surface area contributed by atoms with Crippen LogP contribution in [-0.4, -0.2) is 27.4 Å². The molecule has 0 aromatic rings. The molecule has 0 aliphatic rings. The number of unbranched alkanes of at least 4 members (excludes halogenated alkanes) is 2. The monoisotopic (exact) mass is 232 g/mol. The zero-order chi connectivity index (χ0) is 11.7. The second-order valence-corrected chi connectivity index (χ2v) is 10.6. The van der Waals surface area contributed by atoms with Crippen LogP contribution in [0.2, 0.25) is 25.7 Å². The molecule has 0 amide bonds. The minimum Gasteiger partial charge on any atom is -0.435 e. The van der Waals surface area contributed by atoms with E-state index in [1.807, 2.05) is 0 Å². The highest BCUT2D eigenvalue weighted by atomic mass is 28.3. The van der Waals surface area contributed by atoms with Crippen LogP contribution in [0.5, 0.6) is 0 Å². The SMILES string of the molecule is CCCCCOC(=O)OCC[Si](C)(C)C. The molecule has 0 N–H and O–H groups in total. The van der Waals surface area contributed by atoms with Gasteiger partial charge in [-0.3, -0.25) is 0 Å². The molecule has 0 saturated heterocycles. The lowest BCUT2D eigenvalue weighted by Crippen LogP contribution is -2.23. The Labute approximate surface area is 94.2 Å². The molecule has 0 fully saturated rings. The van der Waals surface area contributed by atoms with Crippen molar-refractivity contribution in [1.82, 2.24) is 0 Å². The minimum absolute atomic E-state index is 0.486. The van der Waals surface area contributed by atoms with Gasteiger partial charge < -0.3 is 9.47 Å². The zero-order valence-corrected chi connectivity index (χ0v) is 11.5. The summed E-state index contributed by atoms with van der Waals surface area (Å²) in [6.45, 7) is 9.86. The van der Waals surface area contributed by atoms with Crippen LogP contribution in [0.4, 0.5) is 4.79 Å². The highest BCUT2D eigenvalue weighted by molar-refractivity contribution is 6.76. The molecule has 0 heterocycles. The molecular weight excluding hydrogens is 208 g/mol. The molecule has 4 heteroatoms. The van der Waals surface area contributed by atoms with Crippen molar-refractivity contribution in [1.29, 1.82) is 0 Å². The molecule has 0 aliphatic carbocycles. The molecule has 15 heavy (non-hydrogen) atoms. The van der Waals surface area contributed by atoms with E-state index in [9.17, 15) is 4.79 Å². The lowest BCUT2D eigenvalue weighted by atomic mass is 10.3. The van der Waals surface area contributed by atoms with Crippen molar-refractivity contribution < 1.29 is 14.3 Å². The fourth-order valence-corrected chi connectivity index (χ4v) is 1.70. The van der Waals surface area contributed by atoms with E-state index in [4.69, 9.17) is 9.47 Å². The third-order valence-electron chi connectivity index (χ3n) is 2.04. The van der Waals surface area contributed by atoms with Crippen molar-refractivity contribution in [2.45, 2.75) is 51.9 Å². The summed E-state index contributed by atoms with van der Waals surface area (Å²) < 4.78 is 9.88. The van der Waals surface area contributed by atoms with Gasteiger partial charge in [-0.2, -0.15) is 0 Å². The molecule has 0 spiro atoms. The van der Waals surface area contributed by atoms with Crippen molar-refractivity contribution >= 4 is 14.2 Å². The number of hydrogen-bond donors (Lipinski definition) is 0. The summed E-state index contributed by atoms with van der Waals surface area (Å²) in [7, 11) is -1.10. The van der Waals surface area contributed by atoms with Gasteiger partial charge in [0.1, 0.15) is 0 Å². The summed E-state index contributed by atoms with van der Waals surface area (Å²) in [5, 5.41) is 0. The first-order valence-electron chi connectivity index (χ1n) is 5.75. The Kier molecular flexibility index (Phi) is 7.47. The number of rotatable bonds is 7. The predicted octanol–water partition coefficient (Wildman–Crippen LogP) is 3.67. The Morgan fingerprint density at radius 1 is 1.07 bits per heavy atom. The normalized spacial score (nSPS) is 11.2. The molecule has 0 aliphatic heterocycles. The largest absolute Gasteiger partial charge is 0.508 e. The van der Waals surface area contributed by atoms with Crippen molar-refractivity contribution in [2.24, 2.45) is 0 Å². The maximum atomic E-state index is 11.1. The van der Waals surface area contributed by atoms with E-state index in [2.05, 4.69) is 26.6 Å². The molecule has 0 aromatic carbocycles. The summed E-state index contributed by atoms with van der Waals surface area (Å²) in [5.41, 5.74) is 0. The first-order chi connectivity index (χ1) is 6.95. The summed E-state index contributed by atoms with van der Waals surface area (Å²) >= 11 is 0. The number of ether oxygens (including phenoxy) is 2. The lowest BCUT2D eigenvalue weighted by Gasteiger charge is -2.15. The standard InChI is InChI=1S/C11H24O3Si/c1-5-6-7-8-13-11(12)14-9-10-15(2,3)4/h5-10H2,1-4H3. The Morgan fingerprint density at radius 3 is 2.20 bits per heavy atom. The van der Waals surface area contributed by atoms with Gasteiger partial charge >= 0.3 is 6.16 Å². The van der Waals surface area contributed by atoms with Crippen LogP contribution in [0, 0.1) is 0 Å². The van der Waals surface area contributed by atoms with E-state index in [1.165, 1.54) is 0 Å². The maximum Gasteiger partial charge on any atom is 0.508 e. The van der Waals surface area contributed by atoms with Gasteiger partial charge in [-0.1, -0.05) is 39.4 Å². The second-order valence-electron chi connectivity index (χ2n) is 4.96. The molecular formula is C11H24O3Si. The van der Waals surface area contributed by atoms with Gasteiger partial charge in [0.05, 0.1) is 13.2 Å². The van der Waals surface area contributed by atoms with Crippen LogP contribution in [0.3, 0.4) is 0 Å². The van der Waals surface area contributed by atoms with E-state index in [1.54, 1.807) is 0 Å². The molecule has 0 bridgehead atoms. The third-order valence-corrected chi connectivity index (χ3v) is 3.74. The van der Waals surface area contributed by atoms with Gasteiger partial charge in [0.2, 0.25) is 0 Å². The first-order valence-corrected chi connectivity index (χ1v) is 9.46. The minimum atomic E-state index is -1.10. The van der Waals surface area contributed by atoms with Gasteiger partial charge in [0.25, 0.3) is 0 Å². The smallest absolute Gasteiger partial charge is 0.435 e. The van der Waals surface area contributed by atoms with Crippen LogP contribution < -0.4 is 0 Å². The Morgan fingerprint density at radius 2 is 1.67 bits per heavy atom. The van der Waals surface area contributed by atoms with E-state index in [0.29, 0.717) is 13.2 Å². The number of carbonyl (C=O) groups excluding carboxylic acids is 1. The summed E-state index contributed by atoms with van der Waals surface area (Å²) in [6, 6.07) is 0.997. The first kappa shape index (κ1) is 14.5. The fourth-order valence-electron chi connectivity index (χ4n) is 0.990. The van der Waals surface area contributed by atoms with E-state index in [-0.39, 0.29) is 0 Å². The lowest BCUT2D eigenvalue weighted by molar-refractivity contribution is 0.0577. The average molecular weight is 232 g/mol. The summed E-state index contributed by atoms with van der Waals surface area (Å²) in [4.78, 5) is 11.1. The van der Waals surface area contributed by atoms with Crippen molar-refractivity contribution in [2.75, 3.05) is 13.2 Å². The molecule has 0 saturated carbocycles. The van der Waals surface area contributed by atoms with Crippen LogP contribution in [-0.2, 0) is 9.47 Å². The molecule has 3 nitrogen and oxygen atoms in total. The summed E-state index contributed by atoms with van der Waals surface area (Å²) in [6.07, 6.45) is 2.65. The predicted molar refractivity (Wildman–Crippen MR) is 65.0 cm³/mol. The summed E-state index contributed by atoms with van der Waals surface area (Å²) in [5.74, 6) is 0. The average Bonchev–Trinajstić information content (AvgIpc) is 2.10. The third kappa shape index (κ3) is 11.4. The van der Waals surface area contributed by atoms with Crippen molar-refractivity contribution in [3.63, 3.8) is 0 Å². The van der Waals surface area contributed by atoms with Gasteiger partial charge in [-0.25, -0.2) is 4.79 Å². The van der Waals surface area contributed by atoms with E-state index >= 15 is 0 Å². The second kappa shape index (κ2) is 7.74. The fraction of sp³-hybridized carbons (Fsp3) is 0.909. The van der Waals surface area contributed by atoms with Crippen LogP contribution in [0.1, 0.15) is 26.2 Å². The molecule has 0 unspecified atom stereocenters. The Hall–Kier alpha value is -0.513. The van der Waals surface area contributed by atoms with Crippen LogP contribution >= 0.6 is 0 Å². The van der Waals surface area contributed by atoms with Gasteiger partial charge in [0.15, 0.2) is 0 Å². The Bertz CT molecular complexity index is 175. The van der Waals surface area contributed by atoms with Gasteiger partial charge in [0, 0.05) is 8.07 Å².